The summed E-state index contributed by atoms with van der Waals surface area (Å²) in [6, 6.07) is 10.9. The highest BCUT2D eigenvalue weighted by Crippen LogP contribution is 2.12. The predicted octanol–water partition coefficient (Wildman–Crippen LogP) is 0.428. The average molecular weight is 404 g/mol. The van der Waals surface area contributed by atoms with Crippen molar-refractivity contribution in [2.45, 2.75) is 6.54 Å². The van der Waals surface area contributed by atoms with Crippen molar-refractivity contribution in [3.05, 3.63) is 54.4 Å². The third-order valence-electron chi connectivity index (χ3n) is 4.41. The van der Waals surface area contributed by atoms with Crippen LogP contribution in [0.15, 0.2) is 48.8 Å². The van der Waals surface area contributed by atoms with Gasteiger partial charge in [-0.1, -0.05) is 30.3 Å². The van der Waals surface area contributed by atoms with Crippen LogP contribution >= 0.6 is 0 Å². The number of piperazine rings is 1. The quantitative estimate of drug-likeness (QED) is 0.693. The number of anilines is 1. The fourth-order valence-electron chi connectivity index (χ4n) is 2.88. The molecule has 0 aliphatic carbocycles. The molecule has 2 N–H and O–H groups in total. The molecular formula is C18H24N6O3S. The van der Waals surface area contributed by atoms with Crippen molar-refractivity contribution in [2.75, 3.05) is 43.4 Å². The molecule has 0 radical (unpaired) electrons. The first-order valence-corrected chi connectivity index (χ1v) is 10.7. The van der Waals surface area contributed by atoms with Gasteiger partial charge < -0.3 is 15.5 Å². The minimum atomic E-state index is -3.43. The summed E-state index contributed by atoms with van der Waals surface area (Å²) in [6.45, 7) is 2.28. The van der Waals surface area contributed by atoms with Crippen molar-refractivity contribution in [3.63, 3.8) is 0 Å². The van der Waals surface area contributed by atoms with Gasteiger partial charge in [0.1, 0.15) is 0 Å². The number of aromatic nitrogens is 2. The molecule has 0 spiro atoms. The van der Waals surface area contributed by atoms with Gasteiger partial charge >= 0.3 is 6.03 Å². The molecule has 0 unspecified atom stereocenters. The van der Waals surface area contributed by atoms with E-state index < -0.39 is 10.0 Å². The van der Waals surface area contributed by atoms with Gasteiger partial charge in [0, 0.05) is 51.7 Å². The van der Waals surface area contributed by atoms with Gasteiger partial charge in [-0.05, 0) is 11.6 Å². The Bertz CT molecular complexity index is 855. The molecule has 0 bridgehead atoms. The van der Waals surface area contributed by atoms with E-state index in [2.05, 4.69) is 20.6 Å². The van der Waals surface area contributed by atoms with Gasteiger partial charge in [0.15, 0.2) is 0 Å². The maximum absolute atomic E-state index is 12.5. The van der Waals surface area contributed by atoms with Gasteiger partial charge in [-0.2, -0.15) is 4.31 Å². The number of carbonyl (C=O) groups excluding carboxylic acids is 1. The number of hydrogen-bond acceptors (Lipinski definition) is 6. The first kappa shape index (κ1) is 20.0. The summed E-state index contributed by atoms with van der Waals surface area (Å²) in [5, 5.41) is 5.31. The normalized spacial score (nSPS) is 15.2. The van der Waals surface area contributed by atoms with Gasteiger partial charge in [-0.15, -0.1) is 0 Å². The van der Waals surface area contributed by atoms with Crippen molar-refractivity contribution in [3.8, 4) is 0 Å². The van der Waals surface area contributed by atoms with E-state index in [1.807, 2.05) is 35.2 Å². The van der Waals surface area contributed by atoms with Crippen LogP contribution < -0.4 is 15.5 Å². The van der Waals surface area contributed by atoms with Gasteiger partial charge in [-0.25, -0.2) is 23.2 Å². The van der Waals surface area contributed by atoms with Crippen molar-refractivity contribution in [1.82, 2.24) is 24.9 Å². The van der Waals surface area contributed by atoms with Crippen LogP contribution in [-0.4, -0.2) is 67.2 Å². The van der Waals surface area contributed by atoms with E-state index in [1.165, 1.54) is 4.31 Å². The minimum Gasteiger partial charge on any atom is -0.338 e. The summed E-state index contributed by atoms with van der Waals surface area (Å²) in [5.74, 6) is 0.476. The summed E-state index contributed by atoms with van der Waals surface area (Å²) in [7, 11) is -3.43. The number of benzene rings is 1. The third-order valence-corrected chi connectivity index (χ3v) is 6.28. The van der Waals surface area contributed by atoms with Gasteiger partial charge in [0.2, 0.25) is 16.0 Å². The lowest BCUT2D eigenvalue weighted by atomic mass is 10.2. The first-order valence-electron chi connectivity index (χ1n) is 9.10. The summed E-state index contributed by atoms with van der Waals surface area (Å²) in [6.07, 6.45) is 3.33. The van der Waals surface area contributed by atoms with Crippen LogP contribution in [0, 0.1) is 0 Å². The van der Waals surface area contributed by atoms with Crippen molar-refractivity contribution in [2.24, 2.45) is 0 Å². The number of nitrogens with zero attached hydrogens (tertiary/aromatic N) is 4. The van der Waals surface area contributed by atoms with Crippen LogP contribution in [0.5, 0.6) is 0 Å². The lowest BCUT2D eigenvalue weighted by Crippen LogP contribution is -2.50. The Balaban J connectivity index is 1.39. The summed E-state index contributed by atoms with van der Waals surface area (Å²) in [5.41, 5.74) is 0.977. The molecule has 9 nitrogen and oxygen atoms in total. The van der Waals surface area contributed by atoms with Crippen LogP contribution in [0.1, 0.15) is 5.56 Å². The Kier molecular flexibility index (Phi) is 6.77. The molecule has 3 rings (SSSR count). The topological polar surface area (TPSA) is 108 Å². The summed E-state index contributed by atoms with van der Waals surface area (Å²) in [4.78, 5) is 22.2. The maximum atomic E-state index is 12.5. The highest BCUT2D eigenvalue weighted by Gasteiger charge is 2.27. The Morgan fingerprint density at radius 3 is 2.32 bits per heavy atom. The molecule has 28 heavy (non-hydrogen) atoms. The molecule has 1 saturated heterocycles. The lowest BCUT2D eigenvalue weighted by Gasteiger charge is -2.33. The van der Waals surface area contributed by atoms with Crippen LogP contribution in [0.2, 0.25) is 0 Å². The monoisotopic (exact) mass is 404 g/mol. The molecule has 1 aliphatic rings. The van der Waals surface area contributed by atoms with Gasteiger partial charge in [-0.3, -0.25) is 0 Å². The molecule has 10 heteroatoms. The van der Waals surface area contributed by atoms with E-state index in [0.29, 0.717) is 38.7 Å². The molecule has 2 heterocycles. The van der Waals surface area contributed by atoms with Crippen LogP contribution in [-0.2, 0) is 16.6 Å². The zero-order chi connectivity index (χ0) is 19.8. The number of urea groups is 1. The molecule has 1 aliphatic heterocycles. The SMILES string of the molecule is O=C(NCCS(=O)(=O)N1CCN(c2ncccn2)CC1)NCc1ccccc1. The molecule has 2 aromatic rings. The number of carbonyl (C=O) groups is 1. The van der Waals surface area contributed by atoms with Crippen molar-refractivity contribution < 1.29 is 13.2 Å². The Hall–Kier alpha value is -2.72. The standard InChI is InChI=1S/C18H24N6O3S/c25-18(22-15-16-5-2-1-3-6-16)21-9-14-28(26,27)24-12-10-23(11-13-24)17-19-7-4-8-20-17/h1-8H,9-15H2,(H2,21,22,25). The highest BCUT2D eigenvalue weighted by atomic mass is 32.2. The van der Waals surface area contributed by atoms with E-state index in [4.69, 9.17) is 0 Å². The van der Waals surface area contributed by atoms with E-state index in [0.717, 1.165) is 5.56 Å². The number of amides is 2. The average Bonchev–Trinajstić information content (AvgIpc) is 2.74. The fraction of sp³-hybridized carbons (Fsp3) is 0.389. The molecule has 150 valence electrons. The van der Waals surface area contributed by atoms with E-state index >= 15 is 0 Å². The molecule has 1 aromatic carbocycles. The Labute approximate surface area is 164 Å². The molecule has 1 aromatic heterocycles. The third kappa shape index (κ3) is 5.64. The largest absolute Gasteiger partial charge is 0.338 e. The first-order chi connectivity index (χ1) is 13.5. The zero-order valence-electron chi connectivity index (χ0n) is 15.5. The van der Waals surface area contributed by atoms with Crippen LogP contribution in [0.25, 0.3) is 0 Å². The van der Waals surface area contributed by atoms with E-state index in [-0.39, 0.29) is 18.3 Å². The minimum absolute atomic E-state index is 0.0605. The summed E-state index contributed by atoms with van der Waals surface area (Å²) < 4.78 is 26.4. The molecule has 0 atom stereocenters. The number of hydrogen-bond donors (Lipinski definition) is 2. The van der Waals surface area contributed by atoms with Crippen molar-refractivity contribution in [1.29, 1.82) is 0 Å². The summed E-state index contributed by atoms with van der Waals surface area (Å²) >= 11 is 0. The molecule has 1 fully saturated rings. The van der Waals surface area contributed by atoms with E-state index in [9.17, 15) is 13.2 Å². The number of nitrogens with one attached hydrogen (secondary N) is 2. The fourth-order valence-corrected chi connectivity index (χ4v) is 4.22. The predicted molar refractivity (Wildman–Crippen MR) is 106 cm³/mol. The van der Waals surface area contributed by atoms with Crippen molar-refractivity contribution >= 4 is 22.0 Å². The maximum Gasteiger partial charge on any atom is 0.315 e. The second-order valence-electron chi connectivity index (χ2n) is 6.35. The number of sulfonamides is 1. The Morgan fingerprint density at radius 1 is 0.964 bits per heavy atom. The van der Waals surface area contributed by atoms with E-state index in [1.54, 1.807) is 18.5 Å². The lowest BCUT2D eigenvalue weighted by molar-refractivity contribution is 0.241. The van der Waals surface area contributed by atoms with Crippen LogP contribution in [0.3, 0.4) is 0 Å². The second-order valence-corrected chi connectivity index (χ2v) is 8.43. The van der Waals surface area contributed by atoms with Crippen LogP contribution in [0.4, 0.5) is 10.7 Å². The zero-order valence-corrected chi connectivity index (χ0v) is 16.3. The second kappa shape index (κ2) is 9.47. The highest BCUT2D eigenvalue weighted by molar-refractivity contribution is 7.89. The van der Waals surface area contributed by atoms with Gasteiger partial charge in [0.25, 0.3) is 0 Å². The molecule has 0 saturated carbocycles. The smallest absolute Gasteiger partial charge is 0.315 e. The van der Waals surface area contributed by atoms with Gasteiger partial charge in [0.05, 0.1) is 5.75 Å². The Morgan fingerprint density at radius 2 is 1.64 bits per heavy atom. The number of rotatable bonds is 7. The molecular weight excluding hydrogens is 380 g/mol. The molecule has 2 amide bonds.